The molecule has 0 aromatic heterocycles. The highest BCUT2D eigenvalue weighted by Gasteiger charge is 1.99. The Balaban J connectivity index is 3.04. The highest BCUT2D eigenvalue weighted by Crippen LogP contribution is 1.82. The molecule has 60 valence electrons. The maximum absolute atomic E-state index is 9.05. The molecule has 0 rings (SSSR count). The maximum Gasteiger partial charge on any atom is 0.0897 e. The van der Waals surface area contributed by atoms with E-state index in [1.54, 1.807) is 13.1 Å². The highest BCUT2D eigenvalue weighted by atomic mass is 16.5. The largest absolute Gasteiger partial charge is 0.389 e. The monoisotopic (exact) mass is 145 g/mol. The highest BCUT2D eigenvalue weighted by molar-refractivity contribution is 4.65. The first kappa shape index (κ1) is 9.62. The molecule has 10 heavy (non-hydrogen) atoms. The third-order valence-corrected chi connectivity index (χ3v) is 0.986. The van der Waals surface area contributed by atoms with Gasteiger partial charge in [-0.3, -0.25) is 0 Å². The van der Waals surface area contributed by atoms with Crippen molar-refractivity contribution in [2.24, 2.45) is 0 Å². The fourth-order valence-electron chi connectivity index (χ4n) is 0.582. The molecule has 0 amide bonds. The molecule has 0 unspecified atom stereocenters. The van der Waals surface area contributed by atoms with Crippen LogP contribution in [0.4, 0.5) is 0 Å². The molecule has 1 atom stereocenters. The quantitative estimate of drug-likeness (QED) is 0.400. The molecule has 0 saturated heterocycles. The predicted octanol–water partition coefficient (Wildman–Crippen LogP) is -0.231. The Hall–Kier alpha value is -0.380. The van der Waals surface area contributed by atoms with Gasteiger partial charge in [0.2, 0.25) is 0 Å². The van der Waals surface area contributed by atoms with Crippen LogP contribution in [-0.2, 0) is 4.74 Å². The van der Waals surface area contributed by atoms with E-state index in [2.05, 4.69) is 11.9 Å². The van der Waals surface area contributed by atoms with Gasteiger partial charge >= 0.3 is 0 Å². The number of aliphatic hydroxyl groups excluding tert-OH is 1. The second-order valence-corrected chi connectivity index (χ2v) is 2.04. The molecule has 0 aromatic carbocycles. The number of hydrogen-bond acceptors (Lipinski definition) is 3. The normalized spacial score (nSPS) is 13.0. The molecular weight excluding hydrogens is 130 g/mol. The Morgan fingerprint density at radius 2 is 2.50 bits per heavy atom. The summed E-state index contributed by atoms with van der Waals surface area (Å²) >= 11 is 0. The number of rotatable bonds is 6. The smallest absolute Gasteiger partial charge is 0.0897 e. The van der Waals surface area contributed by atoms with Crippen molar-refractivity contribution >= 4 is 0 Å². The van der Waals surface area contributed by atoms with Crippen molar-refractivity contribution in [2.45, 2.75) is 6.10 Å². The van der Waals surface area contributed by atoms with Gasteiger partial charge in [-0.05, 0) is 7.05 Å². The van der Waals surface area contributed by atoms with Gasteiger partial charge in [0.25, 0.3) is 0 Å². The molecule has 0 bridgehead atoms. The van der Waals surface area contributed by atoms with E-state index < -0.39 is 6.10 Å². The molecule has 0 heterocycles. The van der Waals surface area contributed by atoms with Crippen LogP contribution in [-0.4, -0.2) is 38.0 Å². The lowest BCUT2D eigenvalue weighted by molar-refractivity contribution is 0.0506. The van der Waals surface area contributed by atoms with Crippen LogP contribution < -0.4 is 5.32 Å². The van der Waals surface area contributed by atoms with E-state index in [1.165, 1.54) is 0 Å². The first-order valence-corrected chi connectivity index (χ1v) is 3.32. The van der Waals surface area contributed by atoms with Gasteiger partial charge < -0.3 is 15.2 Å². The molecule has 0 radical (unpaired) electrons. The summed E-state index contributed by atoms with van der Waals surface area (Å²) in [5.74, 6) is 0. The number of aliphatic hydroxyl groups is 1. The minimum atomic E-state index is -0.412. The van der Waals surface area contributed by atoms with Crippen molar-refractivity contribution in [3.63, 3.8) is 0 Å². The second-order valence-electron chi connectivity index (χ2n) is 2.04. The molecule has 0 saturated carbocycles. The summed E-state index contributed by atoms with van der Waals surface area (Å²) in [6, 6.07) is 0. The zero-order valence-corrected chi connectivity index (χ0v) is 6.34. The van der Waals surface area contributed by atoms with Crippen LogP contribution in [0.3, 0.4) is 0 Å². The van der Waals surface area contributed by atoms with Crippen LogP contribution in [0, 0.1) is 0 Å². The molecule has 0 aliphatic heterocycles. The molecule has 2 N–H and O–H groups in total. The minimum absolute atomic E-state index is 0.368. The first-order valence-electron chi connectivity index (χ1n) is 3.32. The van der Waals surface area contributed by atoms with Gasteiger partial charge in [0.15, 0.2) is 0 Å². The summed E-state index contributed by atoms with van der Waals surface area (Å²) < 4.78 is 4.99. The lowest BCUT2D eigenvalue weighted by Crippen LogP contribution is -2.27. The van der Waals surface area contributed by atoms with Crippen LogP contribution >= 0.6 is 0 Å². The van der Waals surface area contributed by atoms with Crippen LogP contribution in [0.1, 0.15) is 0 Å². The summed E-state index contributed by atoms with van der Waals surface area (Å²) in [5.41, 5.74) is 0. The standard InChI is InChI=1S/C7H15NO2/c1-3-4-10-6-7(9)5-8-2/h3,7-9H,1,4-6H2,2H3/t7-/m1/s1. The lowest BCUT2D eigenvalue weighted by Gasteiger charge is -2.08. The minimum Gasteiger partial charge on any atom is -0.389 e. The van der Waals surface area contributed by atoms with Gasteiger partial charge in [0.1, 0.15) is 0 Å². The molecule has 0 aliphatic carbocycles. The van der Waals surface area contributed by atoms with E-state index in [0.29, 0.717) is 19.8 Å². The Morgan fingerprint density at radius 3 is 3.00 bits per heavy atom. The van der Waals surface area contributed by atoms with Gasteiger partial charge in [-0.1, -0.05) is 6.08 Å². The fraction of sp³-hybridized carbons (Fsp3) is 0.714. The molecule has 3 heteroatoms. The van der Waals surface area contributed by atoms with Gasteiger partial charge in [0.05, 0.1) is 19.3 Å². The molecule has 0 spiro atoms. The SMILES string of the molecule is C=CCOC[C@H](O)CNC. The van der Waals surface area contributed by atoms with Gasteiger partial charge in [-0.25, -0.2) is 0 Å². The summed E-state index contributed by atoms with van der Waals surface area (Å²) in [6.07, 6.45) is 1.25. The summed E-state index contributed by atoms with van der Waals surface area (Å²) in [6.45, 7) is 4.92. The maximum atomic E-state index is 9.05. The van der Waals surface area contributed by atoms with E-state index in [4.69, 9.17) is 9.84 Å². The number of nitrogens with one attached hydrogen (secondary N) is 1. The third-order valence-electron chi connectivity index (χ3n) is 0.986. The number of likely N-dealkylation sites (N-methyl/N-ethyl adjacent to an activating group) is 1. The lowest BCUT2D eigenvalue weighted by atomic mass is 10.4. The Labute approximate surface area is 61.7 Å². The van der Waals surface area contributed by atoms with Crippen LogP contribution in [0.2, 0.25) is 0 Å². The molecule has 3 nitrogen and oxygen atoms in total. The number of hydrogen-bond donors (Lipinski definition) is 2. The van der Waals surface area contributed by atoms with Crippen molar-refractivity contribution < 1.29 is 9.84 Å². The van der Waals surface area contributed by atoms with E-state index in [9.17, 15) is 0 Å². The van der Waals surface area contributed by atoms with E-state index in [0.717, 1.165) is 0 Å². The Kier molecular flexibility index (Phi) is 6.48. The molecule has 0 aromatic rings. The summed E-state index contributed by atoms with van der Waals surface area (Å²) in [7, 11) is 1.79. The van der Waals surface area contributed by atoms with Crippen LogP contribution in [0.5, 0.6) is 0 Å². The Morgan fingerprint density at radius 1 is 1.80 bits per heavy atom. The van der Waals surface area contributed by atoms with Gasteiger partial charge in [0, 0.05) is 6.54 Å². The average molecular weight is 145 g/mol. The van der Waals surface area contributed by atoms with Crippen LogP contribution in [0.25, 0.3) is 0 Å². The van der Waals surface area contributed by atoms with Gasteiger partial charge in [-0.15, -0.1) is 6.58 Å². The molecule has 0 fully saturated rings. The van der Waals surface area contributed by atoms with Gasteiger partial charge in [-0.2, -0.15) is 0 Å². The molecule has 0 aliphatic rings. The Bertz CT molecular complexity index is 85.7. The zero-order valence-electron chi connectivity index (χ0n) is 6.34. The van der Waals surface area contributed by atoms with E-state index in [1.807, 2.05) is 0 Å². The average Bonchev–Trinajstić information content (AvgIpc) is 1.89. The topological polar surface area (TPSA) is 41.5 Å². The van der Waals surface area contributed by atoms with Crippen LogP contribution in [0.15, 0.2) is 12.7 Å². The number of ether oxygens (including phenoxy) is 1. The zero-order chi connectivity index (χ0) is 7.82. The first-order chi connectivity index (χ1) is 4.81. The predicted molar refractivity (Wildman–Crippen MR) is 40.9 cm³/mol. The summed E-state index contributed by atoms with van der Waals surface area (Å²) in [4.78, 5) is 0. The van der Waals surface area contributed by atoms with Crippen molar-refractivity contribution in [3.05, 3.63) is 12.7 Å². The fourth-order valence-corrected chi connectivity index (χ4v) is 0.582. The van der Waals surface area contributed by atoms with E-state index >= 15 is 0 Å². The summed E-state index contributed by atoms with van der Waals surface area (Å²) in [5, 5.41) is 11.9. The van der Waals surface area contributed by atoms with E-state index in [-0.39, 0.29) is 0 Å². The second kappa shape index (κ2) is 6.74. The van der Waals surface area contributed by atoms with Crippen molar-refractivity contribution in [1.82, 2.24) is 5.32 Å². The third kappa shape index (κ3) is 5.75. The van der Waals surface area contributed by atoms with Crippen molar-refractivity contribution in [2.75, 3.05) is 26.8 Å². The van der Waals surface area contributed by atoms with Crippen molar-refractivity contribution in [3.8, 4) is 0 Å². The molecular formula is C7H15NO2. The van der Waals surface area contributed by atoms with Crippen molar-refractivity contribution in [1.29, 1.82) is 0 Å².